The molecule has 0 rings (SSSR count). The van der Waals surface area contributed by atoms with Crippen LogP contribution in [0, 0.1) is 0 Å². The number of hydrogen-bond acceptors (Lipinski definition) is 0. The second kappa shape index (κ2) is 5.13. The fraction of sp³-hybridized carbons (Fsp3) is 1.00. The smallest absolute Gasteiger partial charge is 0.234 e. The first-order chi connectivity index (χ1) is 7.25. The summed E-state index contributed by atoms with van der Waals surface area (Å²) >= 11 is 12.9. The molecule has 0 bridgehead atoms. The van der Waals surface area contributed by atoms with Gasteiger partial charge in [0, 0.05) is 0 Å². The normalized spacial score (nSPS) is 18.4. The molecule has 0 aromatic rings. The first-order valence-corrected chi connectivity index (χ1v) is 4.89. The van der Waals surface area contributed by atoms with E-state index in [1.165, 1.54) is 0 Å². The summed E-state index contributed by atoms with van der Waals surface area (Å²) < 4.78 is 99.6. The van der Waals surface area contributed by atoms with E-state index in [9.17, 15) is 35.1 Å². The number of alkyl halides is 11. The topological polar surface area (TPSA) is 0 Å². The Hall–Kier alpha value is 0.310. The summed E-state index contributed by atoms with van der Waals surface area (Å²) in [4.78, 5) is -2.97. The fourth-order valence-electron chi connectivity index (χ4n) is 0.714. The Labute approximate surface area is 105 Å². The van der Waals surface area contributed by atoms with Crippen molar-refractivity contribution in [3.63, 3.8) is 0 Å². The summed E-state index contributed by atoms with van der Waals surface area (Å²) in [6.45, 7) is 0. The molecule has 0 spiro atoms. The van der Waals surface area contributed by atoms with E-state index in [1.807, 2.05) is 0 Å². The molecule has 0 radical (unpaired) electrons. The second-order valence-electron chi connectivity index (χ2n) is 2.92. The van der Waals surface area contributed by atoms with E-state index in [0.29, 0.717) is 0 Å². The molecule has 11 heteroatoms. The van der Waals surface area contributed by atoms with Crippen LogP contribution >= 0.6 is 34.8 Å². The molecule has 0 aromatic carbocycles. The van der Waals surface area contributed by atoms with E-state index in [1.54, 1.807) is 0 Å². The first kappa shape index (κ1) is 17.3. The predicted octanol–water partition coefficient (Wildman–Crippen LogP) is 4.57. The number of rotatable bonds is 5. The van der Waals surface area contributed by atoms with Gasteiger partial charge in [-0.05, 0) is 11.6 Å². The van der Waals surface area contributed by atoms with Crippen LogP contribution in [0.15, 0.2) is 0 Å². The van der Waals surface area contributed by atoms with Crippen molar-refractivity contribution in [2.45, 2.75) is 34.4 Å². The highest BCUT2D eigenvalue weighted by Gasteiger charge is 2.67. The highest BCUT2D eigenvalue weighted by Crippen LogP contribution is 2.46. The number of hydrogen-bond donors (Lipinski definition) is 0. The van der Waals surface area contributed by atoms with Gasteiger partial charge in [-0.1, -0.05) is 23.2 Å². The standard InChI is InChI=1S/C6H3Cl3F8/c7-3(8)5(14,15)1(10)4(12,13)2(11)6(9,16)17/h1-3H. The van der Waals surface area contributed by atoms with Gasteiger partial charge < -0.3 is 0 Å². The van der Waals surface area contributed by atoms with Gasteiger partial charge in [0.1, 0.15) is 0 Å². The van der Waals surface area contributed by atoms with Crippen molar-refractivity contribution in [3.8, 4) is 0 Å². The van der Waals surface area contributed by atoms with Crippen molar-refractivity contribution in [3.05, 3.63) is 0 Å². The third kappa shape index (κ3) is 3.64. The van der Waals surface area contributed by atoms with Crippen LogP contribution in [-0.2, 0) is 0 Å². The summed E-state index contributed by atoms with van der Waals surface area (Å²) in [6, 6.07) is 0. The molecule has 0 amide bonds. The third-order valence-corrected chi connectivity index (χ3v) is 2.37. The van der Waals surface area contributed by atoms with E-state index in [0.717, 1.165) is 0 Å². The van der Waals surface area contributed by atoms with Crippen LogP contribution in [0.1, 0.15) is 0 Å². The zero-order valence-corrected chi connectivity index (χ0v) is 9.66. The largest absolute Gasteiger partial charge is 0.358 e. The van der Waals surface area contributed by atoms with Gasteiger partial charge in [-0.15, -0.1) is 0 Å². The minimum absolute atomic E-state index is 2.97. The van der Waals surface area contributed by atoms with Crippen LogP contribution in [0.25, 0.3) is 0 Å². The zero-order chi connectivity index (χ0) is 14.2. The van der Waals surface area contributed by atoms with E-state index in [-0.39, 0.29) is 0 Å². The molecular weight excluding hydrogens is 330 g/mol. The molecule has 0 aromatic heterocycles. The summed E-state index contributed by atoms with van der Waals surface area (Å²) in [6.07, 6.45) is -9.32. The second-order valence-corrected chi connectivity index (χ2v) is 4.52. The molecule has 0 heterocycles. The molecule has 0 aliphatic carbocycles. The average molecular weight is 333 g/mol. The quantitative estimate of drug-likeness (QED) is 0.511. The summed E-state index contributed by atoms with van der Waals surface area (Å²) in [5.74, 6) is -10.9. The Morgan fingerprint density at radius 3 is 1.29 bits per heavy atom. The molecule has 0 saturated heterocycles. The van der Waals surface area contributed by atoms with Gasteiger partial charge in [-0.25, -0.2) is 17.6 Å². The van der Waals surface area contributed by atoms with Crippen molar-refractivity contribution in [2.75, 3.05) is 0 Å². The van der Waals surface area contributed by atoms with Crippen LogP contribution in [0.4, 0.5) is 35.1 Å². The Bertz CT molecular complexity index is 262. The Kier molecular flexibility index (Phi) is 5.22. The van der Waals surface area contributed by atoms with Crippen LogP contribution < -0.4 is 0 Å². The summed E-state index contributed by atoms with van der Waals surface area (Å²) in [7, 11) is 0. The Morgan fingerprint density at radius 2 is 1.06 bits per heavy atom. The SMILES string of the molecule is FC(C(F)(F)Cl)C(F)(F)C(F)C(F)(F)C(Cl)Cl. The van der Waals surface area contributed by atoms with Gasteiger partial charge in [0.15, 0.2) is 4.84 Å². The van der Waals surface area contributed by atoms with Crippen LogP contribution in [0.2, 0.25) is 0 Å². The van der Waals surface area contributed by atoms with Crippen molar-refractivity contribution < 1.29 is 35.1 Å². The van der Waals surface area contributed by atoms with E-state index in [4.69, 9.17) is 0 Å². The Balaban J connectivity index is 5.20. The van der Waals surface area contributed by atoms with Crippen LogP contribution in [0.3, 0.4) is 0 Å². The maximum Gasteiger partial charge on any atom is 0.358 e. The van der Waals surface area contributed by atoms with E-state index >= 15 is 0 Å². The van der Waals surface area contributed by atoms with Crippen molar-refractivity contribution in [1.82, 2.24) is 0 Å². The lowest BCUT2D eigenvalue weighted by Gasteiger charge is -2.31. The average Bonchev–Trinajstić information content (AvgIpc) is 2.13. The highest BCUT2D eigenvalue weighted by atomic mass is 35.5. The van der Waals surface area contributed by atoms with Gasteiger partial charge in [0.2, 0.25) is 12.3 Å². The third-order valence-electron chi connectivity index (χ3n) is 1.59. The summed E-state index contributed by atoms with van der Waals surface area (Å²) in [5, 5.41) is -5.22. The molecule has 0 N–H and O–H groups in total. The van der Waals surface area contributed by atoms with Gasteiger partial charge in [0.25, 0.3) is 0 Å². The lowest BCUT2D eigenvalue weighted by molar-refractivity contribution is -0.228. The predicted molar refractivity (Wildman–Crippen MR) is 46.0 cm³/mol. The minimum Gasteiger partial charge on any atom is -0.234 e. The van der Waals surface area contributed by atoms with Crippen molar-refractivity contribution in [2.24, 2.45) is 0 Å². The van der Waals surface area contributed by atoms with Crippen molar-refractivity contribution >= 4 is 34.8 Å². The van der Waals surface area contributed by atoms with Crippen LogP contribution in [0.5, 0.6) is 0 Å². The van der Waals surface area contributed by atoms with Gasteiger partial charge in [-0.3, -0.25) is 0 Å². The van der Waals surface area contributed by atoms with Gasteiger partial charge in [0.05, 0.1) is 0 Å². The molecule has 2 unspecified atom stereocenters. The molecular formula is C6H3Cl3F8. The maximum absolute atomic E-state index is 12.7. The summed E-state index contributed by atoms with van der Waals surface area (Å²) in [5.41, 5.74) is 0. The molecule has 0 aliphatic rings. The molecule has 0 fully saturated rings. The Morgan fingerprint density at radius 1 is 0.706 bits per heavy atom. The zero-order valence-electron chi connectivity index (χ0n) is 7.39. The van der Waals surface area contributed by atoms with E-state index < -0.39 is 34.4 Å². The molecule has 0 saturated carbocycles. The lowest BCUT2D eigenvalue weighted by Crippen LogP contribution is -2.55. The molecule has 0 nitrogen and oxygen atoms in total. The van der Waals surface area contributed by atoms with E-state index in [2.05, 4.69) is 34.8 Å². The molecule has 17 heavy (non-hydrogen) atoms. The molecule has 2 atom stereocenters. The molecule has 0 aliphatic heterocycles. The number of halogens is 11. The molecule has 104 valence electrons. The monoisotopic (exact) mass is 332 g/mol. The highest BCUT2D eigenvalue weighted by molar-refractivity contribution is 6.45. The lowest BCUT2D eigenvalue weighted by atomic mass is 10.0. The first-order valence-electron chi connectivity index (χ1n) is 3.64. The minimum atomic E-state index is -5.77. The maximum atomic E-state index is 12.7. The fourth-order valence-corrected chi connectivity index (χ4v) is 1.08. The van der Waals surface area contributed by atoms with Gasteiger partial charge in [-0.2, -0.15) is 17.6 Å². The van der Waals surface area contributed by atoms with Crippen LogP contribution in [-0.4, -0.2) is 34.4 Å². The van der Waals surface area contributed by atoms with Gasteiger partial charge >= 0.3 is 17.2 Å². The van der Waals surface area contributed by atoms with Crippen molar-refractivity contribution in [1.29, 1.82) is 0 Å².